The van der Waals surface area contributed by atoms with Gasteiger partial charge in [0, 0.05) is 11.6 Å². The number of nitrogens with zero attached hydrogens (tertiary/aromatic N) is 2. The van der Waals surface area contributed by atoms with E-state index < -0.39 is 0 Å². The van der Waals surface area contributed by atoms with E-state index in [1.165, 1.54) is 16.3 Å². The first-order valence-corrected chi connectivity index (χ1v) is 11.8. The van der Waals surface area contributed by atoms with E-state index in [1.54, 1.807) is 18.2 Å². The number of carbonyl (C=O) groups is 1. The van der Waals surface area contributed by atoms with Crippen molar-refractivity contribution in [1.82, 2.24) is 14.9 Å². The Morgan fingerprint density at radius 3 is 2.55 bits per heavy atom. The molecule has 168 valence electrons. The van der Waals surface area contributed by atoms with Crippen LogP contribution in [0.25, 0.3) is 16.6 Å². The minimum absolute atomic E-state index is 0.103. The molecule has 0 atom stereocenters. The average Bonchev–Trinajstić information content (AvgIpc) is 2.83. The van der Waals surface area contributed by atoms with Crippen molar-refractivity contribution in [1.29, 1.82) is 0 Å². The van der Waals surface area contributed by atoms with E-state index in [9.17, 15) is 9.59 Å². The van der Waals surface area contributed by atoms with E-state index in [2.05, 4.69) is 10.3 Å². The van der Waals surface area contributed by atoms with E-state index in [4.69, 9.17) is 16.3 Å². The van der Waals surface area contributed by atoms with E-state index in [-0.39, 0.29) is 17.2 Å². The average molecular weight is 480 g/mol. The third kappa shape index (κ3) is 5.38. The van der Waals surface area contributed by atoms with Crippen LogP contribution in [0.4, 0.5) is 0 Å². The van der Waals surface area contributed by atoms with Gasteiger partial charge in [-0.3, -0.25) is 14.2 Å². The zero-order chi connectivity index (χ0) is 23.2. The van der Waals surface area contributed by atoms with Gasteiger partial charge in [-0.15, -0.1) is 0 Å². The Hall–Kier alpha value is -3.29. The summed E-state index contributed by atoms with van der Waals surface area (Å²) < 4.78 is 7.04. The van der Waals surface area contributed by atoms with Gasteiger partial charge in [-0.1, -0.05) is 53.7 Å². The number of rotatable bonds is 8. The van der Waals surface area contributed by atoms with Gasteiger partial charge in [-0.2, -0.15) is 0 Å². The first-order valence-electron chi connectivity index (χ1n) is 10.4. The van der Waals surface area contributed by atoms with Crippen molar-refractivity contribution in [2.45, 2.75) is 18.6 Å². The molecule has 3 aromatic carbocycles. The highest BCUT2D eigenvalue weighted by atomic mass is 35.5. The standard InChI is InChI=1S/C25H22ClN3O3S/c1-2-32-19-13-11-18(12-14-19)29-24(31)20-8-4-6-10-22(20)28-25(29)33-16-23(30)27-15-17-7-3-5-9-21(17)26/h3-14H,2,15-16H2,1H3,(H,27,30). The topological polar surface area (TPSA) is 73.2 Å². The zero-order valence-corrected chi connectivity index (χ0v) is 19.5. The van der Waals surface area contributed by atoms with Crippen LogP contribution in [0.15, 0.2) is 82.7 Å². The Kier molecular flexibility index (Phi) is 7.32. The summed E-state index contributed by atoms with van der Waals surface area (Å²) in [7, 11) is 0. The van der Waals surface area contributed by atoms with Crippen LogP contribution in [0, 0.1) is 0 Å². The van der Waals surface area contributed by atoms with Crippen molar-refractivity contribution in [3.05, 3.63) is 93.7 Å². The molecule has 33 heavy (non-hydrogen) atoms. The van der Waals surface area contributed by atoms with E-state index in [1.807, 2.05) is 61.5 Å². The molecule has 6 nitrogen and oxygen atoms in total. The first-order chi connectivity index (χ1) is 16.1. The number of fused-ring (bicyclic) bond motifs is 1. The molecule has 0 spiro atoms. The summed E-state index contributed by atoms with van der Waals surface area (Å²) in [5, 5.41) is 4.42. The molecule has 0 fully saturated rings. The molecule has 1 N–H and O–H groups in total. The molecule has 4 rings (SSSR count). The van der Waals surface area contributed by atoms with Crippen molar-refractivity contribution < 1.29 is 9.53 Å². The minimum atomic E-state index is -0.191. The maximum absolute atomic E-state index is 13.3. The minimum Gasteiger partial charge on any atom is -0.494 e. The molecule has 0 aliphatic heterocycles. The van der Waals surface area contributed by atoms with Gasteiger partial charge in [0.25, 0.3) is 5.56 Å². The molecule has 0 saturated carbocycles. The largest absolute Gasteiger partial charge is 0.494 e. The zero-order valence-electron chi connectivity index (χ0n) is 18.0. The number of nitrogens with one attached hydrogen (secondary N) is 1. The van der Waals surface area contributed by atoms with Crippen LogP contribution in [-0.4, -0.2) is 27.8 Å². The molecule has 0 aliphatic carbocycles. The normalized spacial score (nSPS) is 10.8. The van der Waals surface area contributed by atoms with Gasteiger partial charge in [0.1, 0.15) is 5.75 Å². The summed E-state index contributed by atoms with van der Waals surface area (Å²) in [5.41, 5.74) is 1.89. The number of hydrogen-bond acceptors (Lipinski definition) is 5. The molecule has 4 aromatic rings. The fourth-order valence-electron chi connectivity index (χ4n) is 3.31. The number of thioether (sulfide) groups is 1. The van der Waals surface area contributed by atoms with Gasteiger partial charge in [-0.05, 0) is 55.0 Å². The molecule has 1 amide bonds. The Balaban J connectivity index is 1.59. The highest BCUT2D eigenvalue weighted by molar-refractivity contribution is 7.99. The maximum Gasteiger partial charge on any atom is 0.266 e. The summed E-state index contributed by atoms with van der Waals surface area (Å²) in [4.78, 5) is 30.5. The lowest BCUT2D eigenvalue weighted by Crippen LogP contribution is -2.26. The molecule has 0 radical (unpaired) electrons. The van der Waals surface area contributed by atoms with Crippen LogP contribution in [0.5, 0.6) is 5.75 Å². The summed E-state index contributed by atoms with van der Waals surface area (Å²) in [5.74, 6) is 0.642. The molecule has 0 unspecified atom stereocenters. The number of carbonyl (C=O) groups excluding carboxylic acids is 1. The highest BCUT2D eigenvalue weighted by Crippen LogP contribution is 2.23. The third-order valence-corrected chi connectivity index (χ3v) is 6.22. The second-order valence-corrected chi connectivity index (χ2v) is 8.49. The molecule has 1 aromatic heterocycles. The van der Waals surface area contributed by atoms with Gasteiger partial charge < -0.3 is 10.1 Å². The smallest absolute Gasteiger partial charge is 0.266 e. The molecule has 1 heterocycles. The quantitative estimate of drug-likeness (QED) is 0.289. The van der Waals surface area contributed by atoms with Crippen LogP contribution >= 0.6 is 23.4 Å². The van der Waals surface area contributed by atoms with Crippen molar-refractivity contribution >= 4 is 40.2 Å². The van der Waals surface area contributed by atoms with Crippen LogP contribution in [-0.2, 0) is 11.3 Å². The SMILES string of the molecule is CCOc1ccc(-n2c(SCC(=O)NCc3ccccc3Cl)nc3ccccc3c2=O)cc1. The number of ether oxygens (including phenoxy) is 1. The molecular weight excluding hydrogens is 458 g/mol. The fourth-order valence-corrected chi connectivity index (χ4v) is 4.36. The van der Waals surface area contributed by atoms with Crippen LogP contribution in [0.1, 0.15) is 12.5 Å². The first kappa shape index (κ1) is 22.9. The van der Waals surface area contributed by atoms with Crippen LogP contribution in [0.3, 0.4) is 0 Å². The van der Waals surface area contributed by atoms with E-state index in [0.717, 1.165) is 11.3 Å². The third-order valence-electron chi connectivity index (χ3n) is 4.92. The van der Waals surface area contributed by atoms with E-state index in [0.29, 0.717) is 39.9 Å². The molecule has 0 saturated heterocycles. The van der Waals surface area contributed by atoms with Gasteiger partial charge in [0.05, 0.1) is 29.0 Å². The molecule has 8 heteroatoms. The number of para-hydroxylation sites is 1. The Morgan fingerprint density at radius 1 is 1.06 bits per heavy atom. The van der Waals surface area contributed by atoms with Crippen molar-refractivity contribution in [3.63, 3.8) is 0 Å². The van der Waals surface area contributed by atoms with Crippen molar-refractivity contribution in [2.75, 3.05) is 12.4 Å². The Morgan fingerprint density at radius 2 is 1.79 bits per heavy atom. The van der Waals surface area contributed by atoms with Gasteiger partial charge >= 0.3 is 0 Å². The van der Waals surface area contributed by atoms with Gasteiger partial charge in [0.2, 0.25) is 5.91 Å². The molecular formula is C25H22ClN3O3S. The lowest BCUT2D eigenvalue weighted by atomic mass is 10.2. The summed E-state index contributed by atoms with van der Waals surface area (Å²) in [6.45, 7) is 2.80. The number of hydrogen-bond donors (Lipinski definition) is 1. The highest BCUT2D eigenvalue weighted by Gasteiger charge is 2.15. The monoisotopic (exact) mass is 479 g/mol. The second kappa shape index (κ2) is 10.6. The lowest BCUT2D eigenvalue weighted by molar-refractivity contribution is -0.118. The van der Waals surface area contributed by atoms with Crippen LogP contribution < -0.4 is 15.6 Å². The second-order valence-electron chi connectivity index (χ2n) is 7.14. The Bertz CT molecular complexity index is 1340. The van der Waals surface area contributed by atoms with E-state index >= 15 is 0 Å². The predicted molar refractivity (Wildman–Crippen MR) is 133 cm³/mol. The Labute approximate surface area is 200 Å². The fraction of sp³-hybridized carbons (Fsp3) is 0.160. The molecule has 0 aliphatic rings. The maximum atomic E-state index is 13.3. The summed E-state index contributed by atoms with van der Waals surface area (Å²) in [6.07, 6.45) is 0. The lowest BCUT2D eigenvalue weighted by Gasteiger charge is -2.14. The van der Waals surface area contributed by atoms with Crippen molar-refractivity contribution in [3.8, 4) is 11.4 Å². The number of halogens is 1. The summed E-state index contributed by atoms with van der Waals surface area (Å²) >= 11 is 7.37. The number of amides is 1. The number of aromatic nitrogens is 2. The number of benzene rings is 3. The van der Waals surface area contributed by atoms with Gasteiger partial charge in [0.15, 0.2) is 5.16 Å². The van der Waals surface area contributed by atoms with Gasteiger partial charge in [-0.25, -0.2) is 4.98 Å². The molecule has 0 bridgehead atoms. The predicted octanol–water partition coefficient (Wildman–Crippen LogP) is 4.85. The van der Waals surface area contributed by atoms with Crippen molar-refractivity contribution in [2.24, 2.45) is 0 Å². The van der Waals surface area contributed by atoms with Crippen LogP contribution in [0.2, 0.25) is 5.02 Å². The summed E-state index contributed by atoms with van der Waals surface area (Å²) in [6, 6.07) is 21.8.